The first-order valence-electron chi connectivity index (χ1n) is 5.10. The van der Waals surface area contributed by atoms with Crippen molar-refractivity contribution in [1.82, 2.24) is 14.9 Å². The predicted molar refractivity (Wildman–Crippen MR) is 59.9 cm³/mol. The number of para-hydroxylation sites is 2. The summed E-state index contributed by atoms with van der Waals surface area (Å²) in [7, 11) is 0. The normalized spacial score (nSPS) is 18.0. The highest BCUT2D eigenvalue weighted by Crippen LogP contribution is 2.35. The Labute approximate surface area is 96.9 Å². The highest BCUT2D eigenvalue weighted by Gasteiger charge is 2.27. The van der Waals surface area contributed by atoms with Crippen LogP contribution in [0.4, 0.5) is 5.95 Å². The van der Waals surface area contributed by atoms with Gasteiger partial charge >= 0.3 is 0 Å². The summed E-state index contributed by atoms with van der Waals surface area (Å²) in [4.78, 5) is 0. The summed E-state index contributed by atoms with van der Waals surface area (Å²) in [5, 5.41) is 7.55. The minimum Gasteiger partial charge on any atom is -0.485 e. The summed E-state index contributed by atoms with van der Waals surface area (Å²) in [5.74, 6) is 7.63. The number of hydrogen-bond acceptors (Lipinski definition) is 6. The molecule has 1 aromatic heterocycles. The molecule has 1 aliphatic heterocycles. The van der Waals surface area contributed by atoms with Gasteiger partial charge in [0.2, 0.25) is 5.95 Å². The Kier molecular flexibility index (Phi) is 2.04. The second-order valence-corrected chi connectivity index (χ2v) is 3.65. The maximum Gasteiger partial charge on any atom is 0.240 e. The summed E-state index contributed by atoms with van der Waals surface area (Å²) in [5.41, 5.74) is 5.51. The van der Waals surface area contributed by atoms with E-state index in [1.54, 1.807) is 0 Å². The molecule has 0 amide bonds. The van der Waals surface area contributed by atoms with Crippen LogP contribution in [0, 0.1) is 0 Å². The quantitative estimate of drug-likeness (QED) is 0.677. The molecule has 2 heterocycles. The highest BCUT2D eigenvalue weighted by molar-refractivity contribution is 5.41. The van der Waals surface area contributed by atoms with Crippen LogP contribution in [-0.2, 0) is 0 Å². The molecule has 1 atom stereocenters. The Morgan fingerprint density at radius 3 is 2.71 bits per heavy atom. The lowest BCUT2D eigenvalue weighted by Gasteiger charge is -2.25. The third kappa shape index (κ3) is 1.52. The van der Waals surface area contributed by atoms with Crippen LogP contribution in [0.5, 0.6) is 11.5 Å². The van der Waals surface area contributed by atoms with Gasteiger partial charge in [-0.25, -0.2) is 4.68 Å². The summed E-state index contributed by atoms with van der Waals surface area (Å²) >= 11 is 0. The van der Waals surface area contributed by atoms with Gasteiger partial charge < -0.3 is 21.1 Å². The molecular weight excluding hydrogens is 222 g/mol. The van der Waals surface area contributed by atoms with Gasteiger partial charge in [0.15, 0.2) is 23.4 Å². The fourth-order valence-corrected chi connectivity index (χ4v) is 1.68. The van der Waals surface area contributed by atoms with Gasteiger partial charge in [-0.05, 0) is 12.1 Å². The number of ether oxygens (including phenoxy) is 2. The van der Waals surface area contributed by atoms with E-state index >= 15 is 0 Å². The fourth-order valence-electron chi connectivity index (χ4n) is 1.68. The Bertz CT molecular complexity index is 553. The third-order valence-electron chi connectivity index (χ3n) is 2.55. The number of rotatable bonds is 1. The van der Waals surface area contributed by atoms with Gasteiger partial charge in [-0.2, -0.15) is 0 Å². The maximum absolute atomic E-state index is 5.73. The molecular formula is C10H11N5O2. The van der Waals surface area contributed by atoms with E-state index in [2.05, 4.69) is 10.2 Å². The second kappa shape index (κ2) is 3.55. The van der Waals surface area contributed by atoms with E-state index in [0.29, 0.717) is 23.9 Å². The molecule has 88 valence electrons. The largest absolute Gasteiger partial charge is 0.485 e. The molecule has 0 bridgehead atoms. The maximum atomic E-state index is 5.73. The highest BCUT2D eigenvalue weighted by atomic mass is 16.6. The van der Waals surface area contributed by atoms with E-state index in [9.17, 15) is 0 Å². The van der Waals surface area contributed by atoms with Crippen molar-refractivity contribution in [1.29, 1.82) is 0 Å². The van der Waals surface area contributed by atoms with E-state index in [1.165, 1.54) is 4.68 Å². The minimum absolute atomic E-state index is 0.141. The first kappa shape index (κ1) is 9.76. The van der Waals surface area contributed by atoms with Crippen molar-refractivity contribution in [2.24, 2.45) is 0 Å². The van der Waals surface area contributed by atoms with Crippen LogP contribution in [-0.4, -0.2) is 21.5 Å². The molecule has 0 radical (unpaired) electrons. The summed E-state index contributed by atoms with van der Waals surface area (Å²) in [6.07, 6.45) is -0.403. The first-order chi connectivity index (χ1) is 8.25. The van der Waals surface area contributed by atoms with Crippen LogP contribution in [0.2, 0.25) is 0 Å². The molecule has 2 aromatic rings. The van der Waals surface area contributed by atoms with Crippen molar-refractivity contribution in [2.75, 3.05) is 18.2 Å². The lowest BCUT2D eigenvalue weighted by atomic mass is 10.2. The second-order valence-electron chi connectivity index (χ2n) is 3.65. The molecule has 1 unspecified atom stereocenters. The molecule has 7 nitrogen and oxygen atoms in total. The van der Waals surface area contributed by atoms with Gasteiger partial charge in [0.05, 0.1) is 0 Å². The predicted octanol–water partition coefficient (Wildman–Crippen LogP) is 0.0866. The molecule has 17 heavy (non-hydrogen) atoms. The van der Waals surface area contributed by atoms with E-state index in [4.69, 9.17) is 21.1 Å². The average Bonchev–Trinajstić information content (AvgIpc) is 2.70. The Morgan fingerprint density at radius 1 is 1.24 bits per heavy atom. The van der Waals surface area contributed by atoms with Crippen LogP contribution >= 0.6 is 0 Å². The van der Waals surface area contributed by atoms with Crippen molar-refractivity contribution in [3.63, 3.8) is 0 Å². The molecule has 4 N–H and O–H groups in total. The van der Waals surface area contributed by atoms with Gasteiger partial charge in [-0.3, -0.25) is 0 Å². The summed E-state index contributed by atoms with van der Waals surface area (Å²) < 4.78 is 12.5. The Hall–Kier alpha value is -2.44. The average molecular weight is 233 g/mol. The number of fused-ring (bicyclic) bond motifs is 1. The zero-order valence-electron chi connectivity index (χ0n) is 8.91. The van der Waals surface area contributed by atoms with E-state index in [-0.39, 0.29) is 5.95 Å². The molecule has 3 rings (SSSR count). The minimum atomic E-state index is -0.403. The lowest BCUT2D eigenvalue weighted by molar-refractivity contribution is 0.0834. The van der Waals surface area contributed by atoms with E-state index < -0.39 is 6.10 Å². The van der Waals surface area contributed by atoms with Gasteiger partial charge in [0.1, 0.15) is 6.61 Å². The van der Waals surface area contributed by atoms with Crippen molar-refractivity contribution in [2.45, 2.75) is 6.10 Å². The van der Waals surface area contributed by atoms with Crippen LogP contribution in [0.25, 0.3) is 0 Å². The standard InChI is InChI=1S/C10H11N5O2/c11-10-14-13-9(15(10)12)8-5-16-6-3-1-2-4-7(6)17-8/h1-4,8H,5,12H2,(H2,11,14). The number of nitrogens with two attached hydrogens (primary N) is 2. The summed E-state index contributed by atoms with van der Waals surface area (Å²) in [6, 6.07) is 7.41. The molecule has 0 aliphatic carbocycles. The Balaban J connectivity index is 1.92. The fraction of sp³-hybridized carbons (Fsp3) is 0.200. The summed E-state index contributed by atoms with van der Waals surface area (Å²) in [6.45, 7) is 0.326. The Morgan fingerprint density at radius 2 is 2.00 bits per heavy atom. The van der Waals surface area contributed by atoms with Crippen molar-refractivity contribution in [3.8, 4) is 11.5 Å². The van der Waals surface area contributed by atoms with E-state index in [1.807, 2.05) is 24.3 Å². The smallest absolute Gasteiger partial charge is 0.240 e. The van der Waals surface area contributed by atoms with Gasteiger partial charge in [0.25, 0.3) is 0 Å². The molecule has 1 aromatic carbocycles. The van der Waals surface area contributed by atoms with Crippen molar-refractivity contribution >= 4 is 5.95 Å². The van der Waals surface area contributed by atoms with Gasteiger partial charge in [-0.15, -0.1) is 10.2 Å². The molecule has 0 saturated heterocycles. The monoisotopic (exact) mass is 233 g/mol. The first-order valence-corrected chi connectivity index (χ1v) is 5.10. The zero-order chi connectivity index (χ0) is 11.8. The SMILES string of the molecule is Nc1nnc(C2COc3ccccc3O2)n1N. The number of nitrogen functional groups attached to an aromatic ring is 2. The third-order valence-corrected chi connectivity index (χ3v) is 2.55. The number of benzene rings is 1. The molecule has 1 aliphatic rings. The van der Waals surface area contributed by atoms with Crippen LogP contribution < -0.4 is 21.1 Å². The van der Waals surface area contributed by atoms with E-state index in [0.717, 1.165) is 0 Å². The van der Waals surface area contributed by atoms with Gasteiger partial charge in [-0.1, -0.05) is 12.1 Å². The number of nitrogens with zero attached hydrogens (tertiary/aromatic N) is 3. The molecule has 0 fully saturated rings. The molecule has 0 spiro atoms. The van der Waals surface area contributed by atoms with Crippen LogP contribution in [0.3, 0.4) is 0 Å². The van der Waals surface area contributed by atoms with Gasteiger partial charge in [0, 0.05) is 0 Å². The van der Waals surface area contributed by atoms with Crippen molar-refractivity contribution < 1.29 is 9.47 Å². The number of hydrogen-bond donors (Lipinski definition) is 2. The molecule has 0 saturated carbocycles. The zero-order valence-corrected chi connectivity index (χ0v) is 8.91. The molecule has 7 heteroatoms. The van der Waals surface area contributed by atoms with Crippen molar-refractivity contribution in [3.05, 3.63) is 30.1 Å². The number of anilines is 1. The number of aromatic nitrogens is 3. The van der Waals surface area contributed by atoms with Crippen LogP contribution in [0.1, 0.15) is 11.9 Å². The lowest BCUT2D eigenvalue weighted by Crippen LogP contribution is -2.27. The van der Waals surface area contributed by atoms with Crippen LogP contribution in [0.15, 0.2) is 24.3 Å². The topological polar surface area (TPSA) is 101 Å².